The quantitative estimate of drug-likeness (QED) is 0.858. The van der Waals surface area contributed by atoms with Crippen LogP contribution in [0, 0.1) is 0 Å². The van der Waals surface area contributed by atoms with Gasteiger partial charge in [-0.25, -0.2) is 0 Å². The molecule has 3 heterocycles. The lowest BCUT2D eigenvalue weighted by Crippen LogP contribution is -2.38. The Labute approximate surface area is 122 Å². The first-order valence-corrected chi connectivity index (χ1v) is 7.17. The Bertz CT molecular complexity index is 743. The summed E-state index contributed by atoms with van der Waals surface area (Å²) in [5.41, 5.74) is 1.54. The maximum atomic E-state index is 12.7. The van der Waals surface area contributed by atoms with Crippen LogP contribution in [0.5, 0.6) is 0 Å². The van der Waals surface area contributed by atoms with Crippen LogP contribution in [0.2, 0.25) is 0 Å². The highest BCUT2D eigenvalue weighted by Crippen LogP contribution is 2.27. The van der Waals surface area contributed by atoms with Gasteiger partial charge in [-0.05, 0) is 30.7 Å². The molecule has 106 valence electrons. The number of likely N-dealkylation sites (tertiary alicyclic amines) is 1. The van der Waals surface area contributed by atoms with Crippen LogP contribution in [0.3, 0.4) is 0 Å². The van der Waals surface area contributed by atoms with Gasteiger partial charge in [-0.3, -0.25) is 14.6 Å². The van der Waals surface area contributed by atoms with Gasteiger partial charge in [0.25, 0.3) is 5.91 Å². The first kappa shape index (κ1) is 12.3. The number of carbonyl (C=O) groups is 2. The summed E-state index contributed by atoms with van der Waals surface area (Å²) in [5, 5.41) is 3.90. The summed E-state index contributed by atoms with van der Waals surface area (Å²) in [6.07, 6.45) is 3.01. The molecule has 0 radical (unpaired) electrons. The smallest absolute Gasteiger partial charge is 0.254 e. The van der Waals surface area contributed by atoms with Crippen LogP contribution in [0.1, 0.15) is 23.2 Å². The molecule has 1 aromatic heterocycles. The zero-order chi connectivity index (χ0) is 14.4. The van der Waals surface area contributed by atoms with E-state index in [0.717, 1.165) is 17.3 Å². The number of carbonyl (C=O) groups excluding carboxylic acids is 2. The highest BCUT2D eigenvalue weighted by atomic mass is 16.2. The topological polar surface area (TPSA) is 62.3 Å². The van der Waals surface area contributed by atoms with Crippen LogP contribution in [0.4, 0.5) is 0 Å². The van der Waals surface area contributed by atoms with Crippen molar-refractivity contribution in [2.24, 2.45) is 0 Å². The van der Waals surface area contributed by atoms with Crippen molar-refractivity contribution in [1.29, 1.82) is 0 Å². The van der Waals surface area contributed by atoms with E-state index in [1.807, 2.05) is 35.2 Å². The lowest BCUT2D eigenvalue weighted by atomic mass is 10.1. The van der Waals surface area contributed by atoms with Gasteiger partial charge in [-0.1, -0.05) is 6.07 Å². The minimum absolute atomic E-state index is 0.00440. The van der Waals surface area contributed by atoms with E-state index in [1.165, 1.54) is 0 Å². The molecule has 2 atom stereocenters. The Balaban J connectivity index is 1.65. The number of benzene rings is 1. The van der Waals surface area contributed by atoms with Gasteiger partial charge in [0.2, 0.25) is 5.91 Å². The molecule has 0 unspecified atom stereocenters. The molecule has 5 nitrogen and oxygen atoms in total. The van der Waals surface area contributed by atoms with Crippen molar-refractivity contribution in [3.63, 3.8) is 0 Å². The summed E-state index contributed by atoms with van der Waals surface area (Å²) in [6, 6.07) is 9.51. The summed E-state index contributed by atoms with van der Waals surface area (Å²) >= 11 is 0. The summed E-state index contributed by atoms with van der Waals surface area (Å²) in [4.78, 5) is 30.3. The van der Waals surface area contributed by atoms with Crippen molar-refractivity contribution in [3.05, 3.63) is 42.1 Å². The molecule has 21 heavy (non-hydrogen) atoms. The van der Waals surface area contributed by atoms with E-state index in [2.05, 4.69) is 10.3 Å². The fourth-order valence-corrected chi connectivity index (χ4v) is 3.36. The monoisotopic (exact) mass is 281 g/mol. The highest BCUT2D eigenvalue weighted by molar-refractivity contribution is 5.98. The Hall–Kier alpha value is -2.43. The molecule has 0 spiro atoms. The lowest BCUT2D eigenvalue weighted by Gasteiger charge is -2.22. The second-order valence-electron chi connectivity index (χ2n) is 5.64. The molecule has 2 aliphatic rings. The average Bonchev–Trinajstić information content (AvgIpc) is 3.05. The number of amides is 2. The van der Waals surface area contributed by atoms with Gasteiger partial charge >= 0.3 is 0 Å². The molecule has 2 amide bonds. The van der Waals surface area contributed by atoms with Crippen molar-refractivity contribution >= 4 is 22.7 Å². The van der Waals surface area contributed by atoms with Crippen molar-refractivity contribution in [3.8, 4) is 0 Å². The summed E-state index contributed by atoms with van der Waals surface area (Å²) in [7, 11) is 0. The molecule has 1 aromatic carbocycles. The van der Waals surface area contributed by atoms with E-state index >= 15 is 0 Å². The molecule has 2 fully saturated rings. The number of rotatable bonds is 1. The summed E-state index contributed by atoms with van der Waals surface area (Å²) in [6.45, 7) is 0.708. The number of hydrogen-bond donors (Lipinski definition) is 1. The molecule has 4 rings (SSSR count). The van der Waals surface area contributed by atoms with E-state index in [0.29, 0.717) is 18.5 Å². The summed E-state index contributed by atoms with van der Waals surface area (Å²) in [5.74, 6) is 0.0509. The van der Waals surface area contributed by atoms with Gasteiger partial charge < -0.3 is 10.2 Å². The van der Waals surface area contributed by atoms with E-state index in [1.54, 1.807) is 6.20 Å². The zero-order valence-electron chi connectivity index (χ0n) is 11.5. The number of fused-ring (bicyclic) bond motifs is 2. The Morgan fingerprint density at radius 3 is 3.14 bits per heavy atom. The predicted octanol–water partition coefficient (Wildman–Crippen LogP) is 1.34. The molecule has 0 saturated carbocycles. The van der Waals surface area contributed by atoms with Crippen LogP contribution < -0.4 is 5.32 Å². The zero-order valence-corrected chi connectivity index (χ0v) is 11.5. The van der Waals surface area contributed by atoms with Gasteiger partial charge in [0, 0.05) is 30.1 Å². The molecule has 5 heteroatoms. The molecule has 1 N–H and O–H groups in total. The van der Waals surface area contributed by atoms with Gasteiger partial charge in [-0.2, -0.15) is 0 Å². The van der Waals surface area contributed by atoms with Crippen molar-refractivity contribution in [2.45, 2.75) is 24.9 Å². The van der Waals surface area contributed by atoms with Gasteiger partial charge in [0.05, 0.1) is 17.6 Å². The molecular weight excluding hydrogens is 266 g/mol. The maximum Gasteiger partial charge on any atom is 0.254 e. The van der Waals surface area contributed by atoms with Crippen LogP contribution >= 0.6 is 0 Å². The third-order valence-electron chi connectivity index (χ3n) is 4.40. The molecule has 2 aliphatic heterocycles. The van der Waals surface area contributed by atoms with Gasteiger partial charge in [-0.15, -0.1) is 0 Å². The van der Waals surface area contributed by atoms with E-state index < -0.39 is 0 Å². The van der Waals surface area contributed by atoms with E-state index in [-0.39, 0.29) is 23.9 Å². The Morgan fingerprint density at radius 1 is 1.33 bits per heavy atom. The van der Waals surface area contributed by atoms with Crippen molar-refractivity contribution < 1.29 is 9.59 Å². The van der Waals surface area contributed by atoms with E-state index in [4.69, 9.17) is 0 Å². The van der Waals surface area contributed by atoms with Crippen LogP contribution in [-0.4, -0.2) is 40.3 Å². The largest absolute Gasteiger partial charge is 0.351 e. The lowest BCUT2D eigenvalue weighted by molar-refractivity contribution is -0.119. The predicted molar refractivity (Wildman–Crippen MR) is 77.7 cm³/mol. The minimum Gasteiger partial charge on any atom is -0.351 e. The number of nitrogens with one attached hydrogen (secondary N) is 1. The first-order chi connectivity index (χ1) is 10.2. The molecule has 2 saturated heterocycles. The van der Waals surface area contributed by atoms with E-state index in [9.17, 15) is 9.59 Å². The molecule has 0 aliphatic carbocycles. The van der Waals surface area contributed by atoms with Crippen LogP contribution in [0.15, 0.2) is 36.5 Å². The summed E-state index contributed by atoms with van der Waals surface area (Å²) < 4.78 is 0. The number of hydrogen-bond acceptors (Lipinski definition) is 3. The third-order valence-corrected chi connectivity index (χ3v) is 4.40. The van der Waals surface area contributed by atoms with Gasteiger partial charge in [0.1, 0.15) is 0 Å². The van der Waals surface area contributed by atoms with Crippen molar-refractivity contribution in [1.82, 2.24) is 15.2 Å². The molecule has 0 bridgehead atoms. The highest BCUT2D eigenvalue weighted by Gasteiger charge is 2.43. The van der Waals surface area contributed by atoms with Crippen molar-refractivity contribution in [2.75, 3.05) is 6.54 Å². The number of nitrogens with zero attached hydrogens (tertiary/aromatic N) is 2. The number of aromatic nitrogens is 1. The Morgan fingerprint density at radius 2 is 2.24 bits per heavy atom. The minimum atomic E-state index is 0.00440. The second kappa shape index (κ2) is 4.55. The van der Waals surface area contributed by atoms with Crippen LogP contribution in [-0.2, 0) is 4.79 Å². The Kier molecular flexibility index (Phi) is 2.67. The average molecular weight is 281 g/mol. The molecule has 2 aromatic rings. The normalized spacial score (nSPS) is 24.2. The molecular formula is C16H15N3O2. The fourth-order valence-electron chi connectivity index (χ4n) is 3.36. The fraction of sp³-hybridized carbons (Fsp3) is 0.312. The SMILES string of the molecule is O=C1C[C@@H]2[C@H](CCN2C(=O)c2ccc3ncccc3c2)N1. The standard InChI is InChI=1S/C16H15N3O2/c20-15-9-14-13(18-15)5-7-19(14)16(21)11-3-4-12-10(8-11)2-1-6-17-12/h1-4,6,8,13-14H,5,7,9H2,(H,18,20)/t13-,14+/m0/s1. The maximum absolute atomic E-state index is 12.7. The second-order valence-corrected chi connectivity index (χ2v) is 5.64. The van der Waals surface area contributed by atoms with Gasteiger partial charge in [0.15, 0.2) is 0 Å². The van der Waals surface area contributed by atoms with Crippen LogP contribution in [0.25, 0.3) is 10.9 Å². The third kappa shape index (κ3) is 1.96. The first-order valence-electron chi connectivity index (χ1n) is 7.17. The number of pyridine rings is 1.